The minimum absolute atomic E-state index is 0.0365. The monoisotopic (exact) mass is 2330 g/mol. The van der Waals surface area contributed by atoms with Gasteiger partial charge in [0.1, 0.15) is 114 Å². The molecule has 9 fully saturated rings. The van der Waals surface area contributed by atoms with Gasteiger partial charge in [-0.3, -0.25) is 37.9 Å². The summed E-state index contributed by atoms with van der Waals surface area (Å²) in [6.45, 7) is 17.6. The Kier molecular flexibility index (Phi) is 43.6. The van der Waals surface area contributed by atoms with Crippen molar-refractivity contribution in [3.63, 3.8) is 0 Å². The van der Waals surface area contributed by atoms with Crippen LogP contribution in [0.4, 0.5) is 11.6 Å². The van der Waals surface area contributed by atoms with Crippen LogP contribution in [0.5, 0.6) is 17.2 Å². The fourth-order valence-corrected chi connectivity index (χ4v) is 20.8. The van der Waals surface area contributed by atoms with Crippen LogP contribution in [0.25, 0.3) is 10.8 Å². The van der Waals surface area contributed by atoms with Crippen LogP contribution in [0.15, 0.2) is 34.8 Å². The molecule has 0 bridgehead atoms. The Bertz CT molecular complexity index is 4820. The number of Topliss-reactive ketones (excluding diaryl/α,β-unsaturated/α-hetero) is 2. The second-order valence-electron chi connectivity index (χ2n) is 38.3. The number of alkyl halides is 4. The van der Waals surface area contributed by atoms with Crippen molar-refractivity contribution in [3.8, 4) is 17.2 Å². The van der Waals surface area contributed by atoms with E-state index in [1.165, 1.54) is 72.3 Å². The second kappa shape index (κ2) is 53.9. The lowest BCUT2D eigenvalue weighted by molar-refractivity contribution is -0.334. The van der Waals surface area contributed by atoms with Gasteiger partial charge in [-0.25, -0.2) is 20.0 Å². The third-order valence-corrected chi connectivity index (χ3v) is 29.5. The Morgan fingerprint density at radius 2 is 0.925 bits per heavy atom. The molecule has 820 valence electrons. The fraction of sp³-hybridized carbons (Fsp3) is 0.745. The topological polar surface area (TPSA) is 664 Å². The maximum Gasteiger partial charge on any atom is 0.223 e. The number of carbonyl (C=O) groups excluding carboxylic acids is 6. The number of benzene rings is 2. The number of β-amino-alcohol motifs (C(OH)–C–C–N with tert-alkyl or cyclic N) is 2. The van der Waals surface area contributed by atoms with E-state index >= 15 is 4.79 Å². The maximum absolute atomic E-state index is 15.0. The summed E-state index contributed by atoms with van der Waals surface area (Å²) in [5.74, 6) is -2.37. The molecule has 33 atom stereocenters. The summed E-state index contributed by atoms with van der Waals surface area (Å²) in [6.07, 6.45) is -23.1. The number of hydrogen-bond donors (Lipinski definition) is 19. The highest BCUT2D eigenvalue weighted by Gasteiger charge is 2.53. The number of aliphatic hydroxyl groups excluding tert-OH is 14. The van der Waals surface area contributed by atoms with Crippen molar-refractivity contribution in [2.75, 3.05) is 107 Å². The average molecular weight is 2330 g/mol. The van der Waals surface area contributed by atoms with E-state index in [0.29, 0.717) is 148 Å². The van der Waals surface area contributed by atoms with Gasteiger partial charge in [-0.1, -0.05) is 63.7 Å². The molecule has 2 aromatic heterocycles. The first-order valence-corrected chi connectivity index (χ1v) is 53.6. The van der Waals surface area contributed by atoms with E-state index in [1.54, 1.807) is 36.8 Å². The number of phenols is 2. The molecular weight excluding hydrogens is 2190 g/mol. The summed E-state index contributed by atoms with van der Waals surface area (Å²) >= 11 is 13.0. The first kappa shape index (κ1) is 118. The summed E-state index contributed by atoms with van der Waals surface area (Å²) in [4.78, 5) is 99.3. The van der Waals surface area contributed by atoms with Crippen molar-refractivity contribution in [2.24, 2.45) is 15.9 Å². The van der Waals surface area contributed by atoms with Gasteiger partial charge in [0.2, 0.25) is 29.9 Å². The molecule has 16 rings (SSSR count). The predicted octanol–water partition coefficient (Wildman–Crippen LogP) is -0.154. The first-order chi connectivity index (χ1) is 69.5. The maximum atomic E-state index is 15.0. The molecular formula is C94H140Br4N12O36. The van der Waals surface area contributed by atoms with Crippen LogP contribution >= 0.6 is 63.7 Å². The summed E-state index contributed by atoms with van der Waals surface area (Å²) in [6, 6.07) is 3.03. The molecule has 52 heteroatoms. The van der Waals surface area contributed by atoms with Gasteiger partial charge in [0.05, 0.1) is 128 Å². The van der Waals surface area contributed by atoms with Gasteiger partial charge in [0, 0.05) is 176 Å². The minimum Gasteiger partial charge on any atom is -0.507 e. The molecule has 1 unspecified atom stereocenters. The van der Waals surface area contributed by atoms with E-state index in [-0.39, 0.29) is 109 Å². The van der Waals surface area contributed by atoms with Crippen molar-refractivity contribution >= 4 is 134 Å². The van der Waals surface area contributed by atoms with Crippen molar-refractivity contribution in [2.45, 2.75) is 328 Å². The number of hydrogen-bond acceptors (Lipinski definition) is 42. The normalized spacial score (nSPS) is 34.5. The van der Waals surface area contributed by atoms with Crippen LogP contribution in [0.3, 0.4) is 0 Å². The molecule has 4 aromatic rings. The number of rotatable bonds is 27. The number of methoxy groups -OCH3 is 1. The number of nitrogens with zero attached hydrogens (tertiary/aromatic N) is 10. The quantitative estimate of drug-likeness (QED) is 0.0345. The number of amides is 4. The van der Waals surface area contributed by atoms with E-state index in [9.17, 15) is 101 Å². The first-order valence-electron chi connectivity index (χ1n) is 49.1. The average Bonchev–Trinajstić information content (AvgIpc) is 0.983. The van der Waals surface area contributed by atoms with Gasteiger partial charge in [0.15, 0.2) is 48.4 Å². The molecule has 1 aliphatic carbocycles. The van der Waals surface area contributed by atoms with E-state index < -0.39 is 225 Å². The largest absolute Gasteiger partial charge is 0.507 e. The van der Waals surface area contributed by atoms with Crippen LogP contribution < -0.4 is 15.4 Å². The molecule has 11 aliphatic heterocycles. The van der Waals surface area contributed by atoms with Gasteiger partial charge in [-0.05, 0) is 84.9 Å². The number of aromatic hydroxyl groups is 2. The molecule has 4 amide bonds. The number of ether oxygens (including phenoxy) is 13. The number of piperazine rings is 2. The van der Waals surface area contributed by atoms with E-state index in [2.05, 4.69) is 94.3 Å². The van der Waals surface area contributed by atoms with Gasteiger partial charge >= 0.3 is 0 Å². The molecule has 48 nitrogen and oxygen atoms in total. The Labute approximate surface area is 876 Å². The van der Waals surface area contributed by atoms with Crippen LogP contribution in [0.2, 0.25) is 0 Å². The Hall–Kier alpha value is -6.48. The SMILES string of the molecule is CO[C@H](C(=O)[C@@H](O)[C@@H](C)O)C1Cc2cc3cc(O[C@H]4C[C@@H](O[C@H]5C[C@@H](O)[C@H](O)[C@@H](C)O5)[C@@H](O)[C@@H](C)O4)c(C)c(O)c3c(O)c2C(=O)[C@H]1O[C@H]1C[C@@H](O[C@H]2C[C@@H](O[C@H]3C[C@](C)(O)[C@H](O)[C@@H](C)O3)[C@H](O)[C@@H](C)O2)[C@H](O)[C@@H](C)O1.O=C(CCBr)N1CCN(C(=O)CCBr)CC1.O=C(CCBr)N1CCN(C(=O)CCBr)CC1.OC[C@H]1O[C@@H](n2cnc3c2N=CNC[C@H]3O)C[C@@H]1O.OC[C@H]1O[C@@H](n2cnc3c2N=CNC[C@H]3O)C[C@@H]1O. The van der Waals surface area contributed by atoms with Crippen molar-refractivity contribution in [1.29, 1.82) is 0 Å². The molecule has 9 saturated heterocycles. The number of fused-ring (bicyclic) bond motifs is 4. The van der Waals surface area contributed by atoms with Crippen LogP contribution in [-0.2, 0) is 87.2 Å². The Balaban J connectivity index is 0.000000213. The lowest BCUT2D eigenvalue weighted by atomic mass is 9.75. The smallest absolute Gasteiger partial charge is 0.223 e. The number of halogens is 4. The third kappa shape index (κ3) is 28.8. The lowest BCUT2D eigenvalue weighted by Crippen LogP contribution is -2.58. The molecule has 0 radical (unpaired) electrons. The summed E-state index contributed by atoms with van der Waals surface area (Å²) < 4.78 is 81.0. The Morgan fingerprint density at radius 3 is 1.32 bits per heavy atom. The summed E-state index contributed by atoms with van der Waals surface area (Å²) in [7, 11) is 1.18. The highest BCUT2D eigenvalue weighted by molar-refractivity contribution is 9.09. The van der Waals surface area contributed by atoms with Crippen molar-refractivity contribution < 1.29 is 177 Å². The van der Waals surface area contributed by atoms with Crippen LogP contribution in [0.1, 0.15) is 177 Å². The van der Waals surface area contributed by atoms with E-state index in [0.717, 1.165) is 0 Å². The van der Waals surface area contributed by atoms with Gasteiger partial charge in [-0.15, -0.1) is 0 Å². The number of imidazole rings is 2. The van der Waals surface area contributed by atoms with Crippen molar-refractivity contribution in [3.05, 3.63) is 52.9 Å². The fourth-order valence-electron chi connectivity index (χ4n) is 19.4. The van der Waals surface area contributed by atoms with E-state index in [4.69, 9.17) is 71.8 Å². The molecule has 0 spiro atoms. The number of nitrogens with one attached hydrogen (secondary N) is 2. The van der Waals surface area contributed by atoms with Crippen LogP contribution in [-0.4, -0.2) is 452 Å². The number of phenolic OH excluding ortho intramolecular Hbond substituents is 2. The molecule has 19 N–H and O–H groups in total. The molecule has 0 saturated carbocycles. The van der Waals surface area contributed by atoms with Crippen molar-refractivity contribution in [1.82, 2.24) is 49.3 Å². The molecule has 13 heterocycles. The van der Waals surface area contributed by atoms with Crippen LogP contribution in [0, 0.1) is 12.8 Å². The zero-order valence-electron chi connectivity index (χ0n) is 82.6. The van der Waals surface area contributed by atoms with E-state index in [1.807, 2.05) is 19.6 Å². The molecule has 2 aromatic carbocycles. The summed E-state index contributed by atoms with van der Waals surface area (Å²) in [5, 5.41) is 186. The highest BCUT2D eigenvalue weighted by atomic mass is 79.9. The predicted molar refractivity (Wildman–Crippen MR) is 528 cm³/mol. The van der Waals surface area contributed by atoms with Gasteiger partial charge < -0.3 is 179 Å². The zero-order chi connectivity index (χ0) is 106. The Morgan fingerprint density at radius 1 is 0.527 bits per heavy atom. The van der Waals surface area contributed by atoms with Gasteiger partial charge in [0.25, 0.3) is 0 Å². The molecule has 146 heavy (non-hydrogen) atoms. The number of aromatic nitrogens is 4. The zero-order valence-corrected chi connectivity index (χ0v) is 88.9. The number of aliphatic imine (C=N–C) groups is 2. The van der Waals surface area contributed by atoms with Gasteiger partial charge in [-0.2, -0.15) is 0 Å². The molecule has 12 aliphatic rings. The minimum atomic E-state index is -1.95. The summed E-state index contributed by atoms with van der Waals surface area (Å²) in [5.41, 5.74) is -0.516. The third-order valence-electron chi connectivity index (χ3n) is 27.9. The number of carbonyl (C=O) groups is 6. The second-order valence-corrected chi connectivity index (χ2v) is 41.5. The highest BCUT2D eigenvalue weighted by Crippen LogP contribution is 2.49. The standard InChI is InChI=1S/C52H76O24.2C11H16N4O4.2C10H16Br2N2O2/c1-18-29(72-34-14-30(43(58)21(4)68-34)73-33-13-28(54)42(57)20(3)67-33)12-26-10-25-11-27(49(66-9)48(63)41(56)19(2)53)50(47(62)39(25)46(61)38(26)40(18)55)76-36-16-31(44(59)23(6)70-36)74-35-15-32(45(60)22(5)69-35)75-37-17-52(8,65)51(64)24(7)71-37;2*16-3-8-6(17)1-9(19-8)15-5-14-10-7(18)2-12-4-13-11(10)15;2*11-3-1-9(15)13-5-7-14(8-6-13)10(16)2-4-12/h10,12,19-24,27-28,30-37,41-45,49-51,53-61,64-65H,11,13-17H2,1-9H3;2*4-9,16-18H,1-3H2,(H,12,13);2*1-8H2/t19-,20-,21-,22-,23-,24-,27?,28-,30-,31-,32-,33+,34+,35+,36+,37+,41+,42-,43+,44-,45-,49+,50+,51-,52+;2*6-,7+,8+,9+;;/m100../s1. The number of ketones is 2. The number of aliphatic hydroxyl groups is 15. The lowest BCUT2D eigenvalue weighted by Gasteiger charge is -2.46.